The van der Waals surface area contributed by atoms with Gasteiger partial charge in [0.1, 0.15) is 17.7 Å². The number of methoxy groups -OCH3 is 2. The Balaban J connectivity index is 1.50. The van der Waals surface area contributed by atoms with Crippen LogP contribution in [-0.4, -0.2) is 19.1 Å². The molecule has 5 nitrogen and oxygen atoms in total. The van der Waals surface area contributed by atoms with Crippen molar-refractivity contribution in [1.82, 2.24) is 4.90 Å². The van der Waals surface area contributed by atoms with Crippen LogP contribution in [0.2, 0.25) is 0 Å². The number of hydrogen-bond acceptors (Lipinski definition) is 5. The molecule has 0 fully saturated rings. The molecule has 176 valence electrons. The number of fused-ring (bicyclic) bond motifs is 1. The highest BCUT2D eigenvalue weighted by molar-refractivity contribution is 5.67. The normalized spacial score (nSPS) is 14.5. The second kappa shape index (κ2) is 10.0. The smallest absolute Gasteiger partial charge is 0.147 e. The molecule has 0 bridgehead atoms. The second-order valence-corrected chi connectivity index (χ2v) is 8.61. The lowest BCUT2D eigenvalue weighted by molar-refractivity contribution is 0.299. The molecule has 0 saturated carbocycles. The molecule has 0 aromatic heterocycles. The van der Waals surface area contributed by atoms with Crippen LogP contribution in [0.5, 0.6) is 11.5 Å². The van der Waals surface area contributed by atoms with Crippen LogP contribution in [0.4, 0.5) is 0 Å². The zero-order valence-electron chi connectivity index (χ0n) is 20.0. The van der Waals surface area contributed by atoms with Gasteiger partial charge in [0.15, 0.2) is 0 Å². The molecule has 0 spiro atoms. The third-order valence-electron chi connectivity index (χ3n) is 6.30. The van der Waals surface area contributed by atoms with Crippen LogP contribution in [0.1, 0.15) is 22.9 Å². The van der Waals surface area contributed by atoms with Crippen molar-refractivity contribution in [2.75, 3.05) is 14.2 Å². The van der Waals surface area contributed by atoms with E-state index in [9.17, 15) is 0 Å². The van der Waals surface area contributed by atoms with Gasteiger partial charge in [-0.25, -0.2) is 0 Å². The van der Waals surface area contributed by atoms with Crippen LogP contribution in [-0.2, 0) is 13.1 Å². The largest absolute Gasteiger partial charge is 0.497 e. The number of rotatable bonds is 7. The van der Waals surface area contributed by atoms with Crippen molar-refractivity contribution in [1.29, 1.82) is 0 Å². The Morgan fingerprint density at radius 3 is 2.20 bits per heavy atom. The zero-order valence-corrected chi connectivity index (χ0v) is 20.0. The van der Waals surface area contributed by atoms with E-state index in [-0.39, 0.29) is 6.17 Å². The van der Waals surface area contributed by atoms with Crippen LogP contribution in [0.3, 0.4) is 0 Å². The summed E-state index contributed by atoms with van der Waals surface area (Å²) >= 11 is 0. The summed E-state index contributed by atoms with van der Waals surface area (Å²) in [6, 6.07) is 31.2. The third kappa shape index (κ3) is 4.91. The average molecular weight is 464 g/mol. The molecule has 1 atom stereocenters. The lowest BCUT2D eigenvalue weighted by Gasteiger charge is -2.30. The Morgan fingerprint density at radius 1 is 0.771 bits per heavy atom. The quantitative estimate of drug-likeness (QED) is 0.441. The fourth-order valence-corrected chi connectivity index (χ4v) is 4.46. The topological polar surface area (TPSA) is 60.1 Å². The summed E-state index contributed by atoms with van der Waals surface area (Å²) in [7, 11) is 3.33. The van der Waals surface area contributed by atoms with Crippen molar-refractivity contribution in [3.8, 4) is 22.6 Å². The van der Waals surface area contributed by atoms with E-state index in [2.05, 4.69) is 77.8 Å². The summed E-state index contributed by atoms with van der Waals surface area (Å²) in [5.41, 5.74) is 11.5. The van der Waals surface area contributed by atoms with Gasteiger partial charge in [0.2, 0.25) is 0 Å². The molecular formula is C30H29N3O2. The molecule has 0 saturated heterocycles. The highest BCUT2D eigenvalue weighted by Crippen LogP contribution is 2.32. The van der Waals surface area contributed by atoms with E-state index in [1.165, 1.54) is 5.56 Å². The van der Waals surface area contributed by atoms with Gasteiger partial charge < -0.3 is 20.1 Å². The van der Waals surface area contributed by atoms with Gasteiger partial charge in [-0.3, -0.25) is 4.99 Å². The Morgan fingerprint density at radius 2 is 1.49 bits per heavy atom. The van der Waals surface area contributed by atoms with E-state index in [0.29, 0.717) is 6.54 Å². The molecule has 0 amide bonds. The SMILES string of the molecule is COc1cc(OC)cc(-c2ccc(C3N=c4ccccc4=CN3Cc3cccc(CN)c3)cc2)c1. The maximum Gasteiger partial charge on any atom is 0.147 e. The standard InChI is InChI=1S/C30H29N3O2/c1-34-27-15-26(16-28(17-27)35-2)23-10-12-24(13-11-23)30-32-29-9-4-3-8-25(29)20-33(30)19-22-7-5-6-21(14-22)18-31/h3-17,20,30H,18-19,31H2,1-2H3. The summed E-state index contributed by atoms with van der Waals surface area (Å²) < 4.78 is 10.9. The molecule has 0 radical (unpaired) electrons. The number of benzene rings is 4. The van der Waals surface area contributed by atoms with E-state index >= 15 is 0 Å². The Hall–Kier alpha value is -4.09. The summed E-state index contributed by atoms with van der Waals surface area (Å²) in [5, 5.41) is 2.13. The second-order valence-electron chi connectivity index (χ2n) is 8.61. The van der Waals surface area contributed by atoms with Gasteiger partial charge in [-0.05, 0) is 46.0 Å². The van der Waals surface area contributed by atoms with Crippen molar-refractivity contribution >= 4 is 6.20 Å². The maximum atomic E-state index is 5.88. The molecule has 35 heavy (non-hydrogen) atoms. The number of hydrogen-bond donors (Lipinski definition) is 1. The van der Waals surface area contributed by atoms with Gasteiger partial charge in [0.25, 0.3) is 0 Å². The fourth-order valence-electron chi connectivity index (χ4n) is 4.46. The first-order valence-corrected chi connectivity index (χ1v) is 11.7. The number of nitrogens with two attached hydrogens (primary N) is 1. The fraction of sp³-hybridized carbons (Fsp3) is 0.167. The van der Waals surface area contributed by atoms with Gasteiger partial charge in [0.05, 0.1) is 19.6 Å². The molecule has 1 aliphatic heterocycles. The molecule has 4 aromatic rings. The zero-order chi connectivity index (χ0) is 24.2. The van der Waals surface area contributed by atoms with Gasteiger partial charge in [-0.15, -0.1) is 0 Å². The lowest BCUT2D eigenvalue weighted by atomic mass is 10.0. The summed E-state index contributed by atoms with van der Waals surface area (Å²) in [4.78, 5) is 7.42. The molecule has 5 rings (SSSR count). The van der Waals surface area contributed by atoms with E-state index in [1.807, 2.05) is 24.3 Å². The van der Waals surface area contributed by atoms with Crippen molar-refractivity contribution in [3.63, 3.8) is 0 Å². The first kappa shape index (κ1) is 22.7. The summed E-state index contributed by atoms with van der Waals surface area (Å²) in [6.07, 6.45) is 2.09. The van der Waals surface area contributed by atoms with Gasteiger partial charge in [0, 0.05) is 30.6 Å². The van der Waals surface area contributed by atoms with E-state index in [0.717, 1.165) is 50.9 Å². The minimum Gasteiger partial charge on any atom is -0.497 e. The third-order valence-corrected chi connectivity index (χ3v) is 6.30. The molecular weight excluding hydrogens is 434 g/mol. The van der Waals surface area contributed by atoms with Crippen molar-refractivity contribution in [3.05, 3.63) is 118 Å². The highest BCUT2D eigenvalue weighted by atomic mass is 16.5. The Kier molecular flexibility index (Phi) is 6.51. The number of para-hydroxylation sites is 1. The van der Waals surface area contributed by atoms with Gasteiger partial charge in [-0.1, -0.05) is 66.7 Å². The Labute approximate surface area is 205 Å². The molecule has 0 aliphatic carbocycles. The predicted octanol–water partition coefficient (Wildman–Crippen LogP) is 4.40. The number of nitrogens with zero attached hydrogens (tertiary/aromatic N) is 2. The average Bonchev–Trinajstić information content (AvgIpc) is 2.92. The molecule has 5 heteroatoms. The first-order valence-electron chi connectivity index (χ1n) is 11.7. The van der Waals surface area contributed by atoms with E-state index in [1.54, 1.807) is 14.2 Å². The van der Waals surface area contributed by atoms with E-state index in [4.69, 9.17) is 20.2 Å². The van der Waals surface area contributed by atoms with Crippen molar-refractivity contribution < 1.29 is 9.47 Å². The van der Waals surface area contributed by atoms with Crippen molar-refractivity contribution in [2.45, 2.75) is 19.3 Å². The maximum absolute atomic E-state index is 5.88. The predicted molar refractivity (Wildman–Crippen MR) is 139 cm³/mol. The lowest BCUT2D eigenvalue weighted by Crippen LogP contribution is -2.37. The van der Waals surface area contributed by atoms with E-state index < -0.39 is 0 Å². The summed E-state index contributed by atoms with van der Waals surface area (Å²) in [5.74, 6) is 1.53. The van der Waals surface area contributed by atoms with Gasteiger partial charge in [-0.2, -0.15) is 0 Å². The van der Waals surface area contributed by atoms with Gasteiger partial charge >= 0.3 is 0 Å². The first-order chi connectivity index (χ1) is 17.2. The molecule has 4 aromatic carbocycles. The minimum atomic E-state index is -0.125. The minimum absolute atomic E-state index is 0.125. The Bertz CT molecular complexity index is 1430. The van der Waals surface area contributed by atoms with Crippen LogP contribution in [0.25, 0.3) is 17.3 Å². The van der Waals surface area contributed by atoms with Crippen LogP contribution in [0, 0.1) is 0 Å². The van der Waals surface area contributed by atoms with Crippen LogP contribution in [0.15, 0.2) is 96.0 Å². The van der Waals surface area contributed by atoms with Crippen molar-refractivity contribution in [2.24, 2.45) is 10.7 Å². The summed E-state index contributed by atoms with van der Waals surface area (Å²) in [6.45, 7) is 1.27. The molecule has 1 heterocycles. The molecule has 1 aliphatic rings. The monoisotopic (exact) mass is 463 g/mol. The molecule has 2 N–H and O–H groups in total. The molecule has 1 unspecified atom stereocenters. The van der Waals surface area contributed by atoms with Crippen LogP contribution < -0.4 is 25.8 Å². The van der Waals surface area contributed by atoms with Crippen LogP contribution >= 0.6 is 0 Å². The number of ether oxygens (including phenoxy) is 2. The highest BCUT2D eigenvalue weighted by Gasteiger charge is 2.20.